The SMILES string of the molecule is O=C(O)C1C2C=CC(C2)C1C(=O)NCCC[Si]12O[Si]3(CCCNC(=O)C4C5C=CC(C5)C4C(=O)O)O[Si]4(CCCNC(=O)C5C6C=CC(C6)C5C(=O)O)O[Si](CCCNC(=O)C5C6C=CC(C6)C5C(=O)O)(O1)O[Si]1(CCCNC(=O)C5C6C=CC(C6)C5C(=O)O)O[Si](CCCNC(=O)C5C6C=CC(C6)C5C(=O)O)(O2)O[Si](CCCNC(=O)C2C5C=CC(C5)C2C(=O)O)(O3)O[Si](CCCNC(=O)C2C3C=CC(C3)C2C(=O)O)(O4)O1. The zero-order valence-corrected chi connectivity index (χ0v) is 89.3. The molecule has 8 saturated carbocycles. The van der Waals surface area contributed by atoms with E-state index in [9.17, 15) is 118 Å². The molecule has 14 fully saturated rings. The van der Waals surface area contributed by atoms with Crippen molar-refractivity contribution >= 4 is 165 Å². The Hall–Kier alpha value is -9.30. The number of hydrogen-bond donors (Lipinski definition) is 16. The Morgan fingerprint density at radius 3 is 0.338 bits per heavy atom. The number of nitrogens with one attached hydrogen (secondary N) is 8. The van der Waals surface area contributed by atoms with Crippen LogP contribution in [0.3, 0.4) is 0 Å². The van der Waals surface area contributed by atoms with Crippen molar-refractivity contribution in [3.05, 3.63) is 97.2 Å². The minimum atomic E-state index is -5.48. The van der Waals surface area contributed by atoms with Crippen molar-refractivity contribution < 1.29 is 167 Å². The average Bonchev–Trinajstić information content (AvgIpc) is 0.973. The number of carboxylic acid groups (broad SMARTS) is 8. The smallest absolute Gasteiger partial charge is 0.478 e. The van der Waals surface area contributed by atoms with Crippen molar-refractivity contribution in [1.29, 1.82) is 0 Å². The van der Waals surface area contributed by atoms with Crippen LogP contribution in [0.1, 0.15) is 103 Å². The summed E-state index contributed by atoms with van der Waals surface area (Å²) in [5.74, 6) is -38.4. The first kappa shape index (κ1) is 104. The van der Waals surface area contributed by atoms with Gasteiger partial charge in [0.15, 0.2) is 0 Å². The molecule has 0 aromatic rings. The quantitative estimate of drug-likeness (QED) is 0.0232. The molecule has 22 rings (SSSR count). The van der Waals surface area contributed by atoms with Gasteiger partial charge in [0, 0.05) is 101 Å². The summed E-state index contributed by atoms with van der Waals surface area (Å²) in [5, 5.41) is 110. The molecule has 0 aromatic carbocycles. The first-order valence-corrected chi connectivity index (χ1v) is 68.2. The Bertz CT molecular complexity index is 4590. The van der Waals surface area contributed by atoms with Crippen molar-refractivity contribution in [2.24, 2.45) is 189 Å². The van der Waals surface area contributed by atoms with Crippen LogP contribution in [0.2, 0.25) is 48.4 Å². The molecular weight excluding hydrogens is 2070 g/mol. The van der Waals surface area contributed by atoms with Gasteiger partial charge in [0.2, 0.25) is 47.3 Å². The molecule has 8 amide bonds. The minimum Gasteiger partial charge on any atom is -0.481 e. The van der Waals surface area contributed by atoms with E-state index >= 15 is 0 Å². The summed E-state index contributed by atoms with van der Waals surface area (Å²) in [4.78, 5) is 225. The lowest BCUT2D eigenvalue weighted by molar-refractivity contribution is -0.148. The minimum absolute atomic E-state index is 0.204. The fourth-order valence-electron chi connectivity index (χ4n) is 29.8. The normalized spacial score (nSPS) is 43.4. The number of carbonyl (C=O) groups excluding carboxylic acids is 8. The van der Waals surface area contributed by atoms with Crippen molar-refractivity contribution in [3.63, 3.8) is 0 Å². The molecule has 0 aromatic heterocycles. The monoisotopic (exact) mass is 2190 g/mol. The van der Waals surface area contributed by atoms with Gasteiger partial charge in [-0.05, 0) is 197 Å². The lowest BCUT2D eigenvalue weighted by Gasteiger charge is -2.63. The Morgan fingerprint density at radius 1 is 0.162 bits per heavy atom. The maximum absolute atomic E-state index is 15.0. The van der Waals surface area contributed by atoms with Crippen LogP contribution in [-0.4, -0.2) is 259 Å². The summed E-state index contributed by atoms with van der Waals surface area (Å²) >= 11 is 0. The molecular formula is C96H128N8O36Si8. The Morgan fingerprint density at radius 2 is 0.250 bits per heavy atom. The van der Waals surface area contributed by atoms with E-state index in [2.05, 4.69) is 42.5 Å². The van der Waals surface area contributed by atoms with Crippen LogP contribution >= 0.6 is 0 Å². The van der Waals surface area contributed by atoms with Crippen LogP contribution in [0.5, 0.6) is 0 Å². The molecule has 6 saturated heterocycles. The lowest BCUT2D eigenvalue weighted by atomic mass is 9.82. The van der Waals surface area contributed by atoms with Crippen LogP contribution in [0.4, 0.5) is 0 Å². The molecule has 0 radical (unpaired) electrons. The summed E-state index contributed by atoms with van der Waals surface area (Å²) in [5.41, 5.74) is 0. The highest BCUT2D eigenvalue weighted by Gasteiger charge is 2.84. The summed E-state index contributed by atoms with van der Waals surface area (Å²) < 4.78 is 99.0. The molecule has 44 nitrogen and oxygen atoms in total. The zero-order valence-electron chi connectivity index (χ0n) is 81.3. The summed E-state index contributed by atoms with van der Waals surface area (Å²) in [7, 11) is -43.8. The van der Waals surface area contributed by atoms with Gasteiger partial charge in [0.1, 0.15) is 0 Å². The third kappa shape index (κ3) is 19.6. The highest BCUT2D eigenvalue weighted by molar-refractivity contribution is 7.03. The molecule has 6 heterocycles. The Kier molecular flexibility index (Phi) is 28.9. The number of hydrogen-bond acceptors (Lipinski definition) is 28. The second-order valence-electron chi connectivity index (χ2n) is 44.6. The molecule has 800 valence electrons. The maximum Gasteiger partial charge on any atom is 0.478 e. The molecule has 22 aliphatic rings. The molecule has 16 N–H and O–H groups in total. The Labute approximate surface area is 859 Å². The number of rotatable bonds is 48. The van der Waals surface area contributed by atoms with E-state index in [-0.39, 0.29) is 104 Å². The van der Waals surface area contributed by atoms with Gasteiger partial charge in [-0.25, -0.2) is 0 Å². The fraction of sp³-hybridized carbons (Fsp3) is 0.667. The molecule has 6 aliphatic heterocycles. The van der Waals surface area contributed by atoms with Gasteiger partial charge in [0.25, 0.3) is 0 Å². The number of allylic oxidation sites excluding steroid dienone is 16. The molecule has 32 atom stereocenters. The number of aliphatic carboxylic acids is 8. The van der Waals surface area contributed by atoms with Crippen LogP contribution < -0.4 is 42.5 Å². The van der Waals surface area contributed by atoms with E-state index in [1.165, 1.54) is 0 Å². The van der Waals surface area contributed by atoms with E-state index < -0.39 is 403 Å². The summed E-state index contributed by atoms with van der Waals surface area (Å²) in [6.07, 6.45) is 30.4. The maximum atomic E-state index is 15.0. The predicted molar refractivity (Wildman–Crippen MR) is 521 cm³/mol. The fourth-order valence-corrected chi connectivity index (χ4v) is 80.2. The van der Waals surface area contributed by atoms with Gasteiger partial charge in [0.05, 0.1) is 94.7 Å². The van der Waals surface area contributed by atoms with Crippen LogP contribution in [0, 0.1) is 189 Å². The highest BCUT2D eigenvalue weighted by atomic mass is 28.6. The van der Waals surface area contributed by atoms with Crippen molar-refractivity contribution in [2.45, 2.75) is 151 Å². The van der Waals surface area contributed by atoms with Crippen LogP contribution in [0.15, 0.2) is 97.2 Å². The van der Waals surface area contributed by atoms with E-state index in [4.69, 9.17) is 49.4 Å². The third-order valence-electron chi connectivity index (χ3n) is 35.8. The van der Waals surface area contributed by atoms with Gasteiger partial charge < -0.3 is 133 Å². The highest BCUT2D eigenvalue weighted by Crippen LogP contribution is 2.60. The van der Waals surface area contributed by atoms with Gasteiger partial charge in [-0.2, -0.15) is 0 Å². The first-order valence-electron chi connectivity index (χ1n) is 52.8. The standard InChI is InChI=1S/C96H128N8O36Si8/c105-81(65-49-9-17-57(41-49)73(65)89(113)114)97-25-1-33-141-129-142(34-2-26-98-82(106)66-50-10-18-58(42-50)74(66)90(115)116)132-145(37-5-29-101-85(109)69-53-13-21-61(45-53)77(69)93(121)122)134-143(130-141,35-3-27-99-83(107)67-51-11-19-59(43-51)75(67)91(117)118)136-147(39-7-31-103-87(111)71-55-15-23-63(47-55)79(71)95(125)126)137-144(131-141,36-4-28-100-84(108)68-52-12-20-60(44-52)76(68)92(119)120)135-146(133-142,38-6-30-102-86(110)70-54-14-22-62(46-54)78(70)94(123)124)139-148(138-145,140-147)40-8-32-104-88(112)72-56-16-24-64(48-56)80(72)96(127)128/h9-24,49-80H,1-8,25-48H2,(H,97,105)(H,98,106)(H,99,107)(H,100,108)(H,101,109)(H,102,110)(H,103,111)(H,104,112)(H,113,114)(H,115,116)(H,117,118)(H,119,120)(H,121,122)(H,123,124)(H,125,126)(H,127,128). The molecule has 148 heavy (non-hydrogen) atoms. The third-order valence-corrected chi connectivity index (χ3v) is 73.4. The van der Waals surface area contributed by atoms with E-state index in [0.717, 1.165) is 0 Å². The second-order valence-corrected chi connectivity index (χ2v) is 69.3. The van der Waals surface area contributed by atoms with E-state index in [1.807, 2.05) is 48.6 Å². The van der Waals surface area contributed by atoms with Gasteiger partial charge >= 0.3 is 118 Å². The molecule has 16 aliphatic carbocycles. The molecule has 24 bridgehead atoms. The Balaban J connectivity index is 0.724. The number of fused-ring (bicyclic) bond motifs is 16. The summed E-state index contributed by atoms with van der Waals surface area (Å²) in [6, 6.07) is -3.56. The largest absolute Gasteiger partial charge is 0.481 e. The predicted octanol–water partition coefficient (Wildman–Crippen LogP) is 4.00. The zero-order chi connectivity index (χ0) is 104. The molecule has 0 spiro atoms. The number of carboxylic acids is 8. The average molecular weight is 2190 g/mol. The molecule has 52 heteroatoms. The van der Waals surface area contributed by atoms with Crippen molar-refractivity contribution in [3.8, 4) is 0 Å². The van der Waals surface area contributed by atoms with Gasteiger partial charge in [-0.15, -0.1) is 0 Å². The second kappa shape index (κ2) is 40.9. The lowest BCUT2D eigenvalue weighted by Crippen LogP contribution is -2.88. The van der Waals surface area contributed by atoms with Crippen molar-refractivity contribution in [1.82, 2.24) is 42.5 Å². The van der Waals surface area contributed by atoms with Crippen LogP contribution in [-0.2, 0) is 126 Å². The first-order chi connectivity index (χ1) is 70.8. The van der Waals surface area contributed by atoms with E-state index in [0.29, 0.717) is 51.4 Å². The number of carbonyl (C=O) groups is 16. The molecule has 32 unspecified atom stereocenters. The van der Waals surface area contributed by atoms with Crippen LogP contribution in [0.25, 0.3) is 0 Å². The van der Waals surface area contributed by atoms with Gasteiger partial charge in [-0.3, -0.25) is 76.7 Å². The van der Waals surface area contributed by atoms with Crippen molar-refractivity contribution in [2.75, 3.05) is 52.4 Å². The topological polar surface area (TPSA) is 642 Å². The number of amides is 8. The summed E-state index contributed by atoms with van der Waals surface area (Å²) in [6.45, 7) is -2.17. The van der Waals surface area contributed by atoms with Gasteiger partial charge in [-0.1, -0.05) is 97.2 Å². The van der Waals surface area contributed by atoms with E-state index in [1.54, 1.807) is 48.6 Å².